The molecule has 0 bridgehead atoms. The molecule has 164 valence electrons. The fourth-order valence-electron chi connectivity index (χ4n) is 3.53. The molecule has 0 fully saturated rings. The van der Waals surface area contributed by atoms with Crippen molar-refractivity contribution in [3.05, 3.63) is 54.6 Å². The van der Waals surface area contributed by atoms with E-state index in [1.54, 1.807) is 18.9 Å². The van der Waals surface area contributed by atoms with E-state index in [4.69, 9.17) is 18.7 Å². The summed E-state index contributed by atoms with van der Waals surface area (Å²) in [6.07, 6.45) is 1.88. The number of aromatic nitrogens is 4. The van der Waals surface area contributed by atoms with Crippen molar-refractivity contribution in [2.24, 2.45) is 0 Å². The topological polar surface area (TPSA) is 84.4 Å². The van der Waals surface area contributed by atoms with Gasteiger partial charge in [-0.3, -0.25) is 0 Å². The highest BCUT2D eigenvalue weighted by Gasteiger charge is 2.17. The fourth-order valence-corrected chi connectivity index (χ4v) is 4.41. The number of benzene rings is 2. The number of thioether (sulfide) groups is 1. The molecule has 2 aromatic carbocycles. The van der Waals surface area contributed by atoms with Gasteiger partial charge in [-0.1, -0.05) is 29.1 Å². The van der Waals surface area contributed by atoms with E-state index in [0.29, 0.717) is 30.7 Å². The lowest BCUT2D eigenvalue weighted by Gasteiger charge is -2.19. The standard InChI is InChI=1S/C23H22N4O4S/c1-3-27-18(15-7-8-19-20(12-15)30-10-9-29-19)13-24-23(27)32-14-21-25-22(26-31-21)16-5-4-6-17(11-16)28-2/h4-8,11-13H,3,9-10,14H2,1-2H3. The number of imidazole rings is 1. The normalized spacial score (nSPS) is 12.7. The molecule has 8 nitrogen and oxygen atoms in total. The summed E-state index contributed by atoms with van der Waals surface area (Å²) in [5, 5.41) is 4.99. The van der Waals surface area contributed by atoms with Crippen molar-refractivity contribution in [3.8, 4) is 39.9 Å². The first kappa shape index (κ1) is 20.4. The summed E-state index contributed by atoms with van der Waals surface area (Å²) in [5.74, 6) is 3.90. The van der Waals surface area contributed by atoms with Gasteiger partial charge in [0.2, 0.25) is 11.7 Å². The Morgan fingerprint density at radius 3 is 2.78 bits per heavy atom. The highest BCUT2D eigenvalue weighted by Crippen LogP contribution is 2.36. The molecule has 0 saturated heterocycles. The Kier molecular flexibility index (Phi) is 5.72. The molecule has 9 heteroatoms. The molecule has 1 aliphatic heterocycles. The summed E-state index contributed by atoms with van der Waals surface area (Å²) in [7, 11) is 1.63. The Morgan fingerprint density at radius 2 is 1.94 bits per heavy atom. The van der Waals surface area contributed by atoms with E-state index in [1.165, 1.54) is 0 Å². The van der Waals surface area contributed by atoms with Crippen LogP contribution in [0.3, 0.4) is 0 Å². The molecule has 4 aromatic rings. The quantitative estimate of drug-likeness (QED) is 0.375. The Hall–Kier alpha value is -3.46. The minimum Gasteiger partial charge on any atom is -0.497 e. The van der Waals surface area contributed by atoms with Gasteiger partial charge in [-0.25, -0.2) is 4.98 Å². The Labute approximate surface area is 189 Å². The molecule has 2 aromatic heterocycles. The molecule has 0 atom stereocenters. The lowest BCUT2D eigenvalue weighted by molar-refractivity contribution is 0.171. The molecule has 0 aliphatic carbocycles. The van der Waals surface area contributed by atoms with E-state index in [-0.39, 0.29) is 0 Å². The molecule has 32 heavy (non-hydrogen) atoms. The van der Waals surface area contributed by atoms with Gasteiger partial charge in [0, 0.05) is 17.7 Å². The van der Waals surface area contributed by atoms with Gasteiger partial charge in [0.15, 0.2) is 16.7 Å². The summed E-state index contributed by atoms with van der Waals surface area (Å²) >= 11 is 1.56. The van der Waals surface area contributed by atoms with E-state index >= 15 is 0 Å². The number of nitrogens with zero attached hydrogens (tertiary/aromatic N) is 4. The average Bonchev–Trinajstić information content (AvgIpc) is 3.49. The SMILES string of the molecule is CCn1c(-c2ccc3c(c2)OCCO3)cnc1SCc1nc(-c2cccc(OC)c2)no1. The Morgan fingerprint density at radius 1 is 1.06 bits per heavy atom. The number of methoxy groups -OCH3 is 1. The summed E-state index contributed by atoms with van der Waals surface area (Å²) in [5.41, 5.74) is 2.91. The van der Waals surface area contributed by atoms with Crippen molar-refractivity contribution < 1.29 is 18.7 Å². The highest BCUT2D eigenvalue weighted by atomic mass is 32.2. The maximum Gasteiger partial charge on any atom is 0.237 e. The van der Waals surface area contributed by atoms with Crippen LogP contribution in [0.25, 0.3) is 22.6 Å². The van der Waals surface area contributed by atoms with Gasteiger partial charge in [0.05, 0.1) is 24.8 Å². The van der Waals surface area contributed by atoms with Crippen LogP contribution in [0, 0.1) is 0 Å². The molecular formula is C23H22N4O4S. The first-order valence-electron chi connectivity index (χ1n) is 10.3. The molecule has 0 unspecified atom stereocenters. The van der Waals surface area contributed by atoms with Crippen LogP contribution in [-0.4, -0.2) is 40.0 Å². The Bertz CT molecular complexity index is 1240. The van der Waals surface area contributed by atoms with E-state index < -0.39 is 0 Å². The number of hydrogen-bond donors (Lipinski definition) is 0. The van der Waals surface area contributed by atoms with Crippen LogP contribution in [0.4, 0.5) is 0 Å². The van der Waals surface area contributed by atoms with Crippen LogP contribution in [0.5, 0.6) is 17.2 Å². The largest absolute Gasteiger partial charge is 0.497 e. The number of fused-ring (bicyclic) bond motifs is 1. The van der Waals surface area contributed by atoms with Crippen molar-refractivity contribution in [2.75, 3.05) is 20.3 Å². The van der Waals surface area contributed by atoms with Crippen molar-refractivity contribution in [1.82, 2.24) is 19.7 Å². The van der Waals surface area contributed by atoms with E-state index in [1.807, 2.05) is 48.7 Å². The lowest BCUT2D eigenvalue weighted by Crippen LogP contribution is -2.15. The van der Waals surface area contributed by atoms with Crippen molar-refractivity contribution in [1.29, 1.82) is 0 Å². The lowest BCUT2D eigenvalue weighted by atomic mass is 10.1. The third kappa shape index (κ3) is 4.03. The third-order valence-electron chi connectivity index (χ3n) is 5.09. The van der Waals surface area contributed by atoms with Gasteiger partial charge in [-0.15, -0.1) is 0 Å². The Balaban J connectivity index is 1.33. The first-order chi connectivity index (χ1) is 15.7. The van der Waals surface area contributed by atoms with Crippen molar-refractivity contribution >= 4 is 11.8 Å². The monoisotopic (exact) mass is 450 g/mol. The number of ether oxygens (including phenoxy) is 3. The minimum absolute atomic E-state index is 0.522. The fraction of sp³-hybridized carbons (Fsp3) is 0.261. The highest BCUT2D eigenvalue weighted by molar-refractivity contribution is 7.98. The molecule has 0 N–H and O–H groups in total. The van der Waals surface area contributed by atoms with Gasteiger partial charge < -0.3 is 23.3 Å². The molecular weight excluding hydrogens is 428 g/mol. The zero-order valence-electron chi connectivity index (χ0n) is 17.8. The molecule has 5 rings (SSSR count). The predicted molar refractivity (Wildman–Crippen MR) is 120 cm³/mol. The van der Waals surface area contributed by atoms with Crippen molar-refractivity contribution in [2.45, 2.75) is 24.4 Å². The van der Waals surface area contributed by atoms with Gasteiger partial charge in [0.1, 0.15) is 19.0 Å². The second-order valence-electron chi connectivity index (χ2n) is 7.06. The maximum absolute atomic E-state index is 5.73. The smallest absolute Gasteiger partial charge is 0.237 e. The van der Waals surface area contributed by atoms with Crippen molar-refractivity contribution in [3.63, 3.8) is 0 Å². The summed E-state index contributed by atoms with van der Waals surface area (Å²) in [6, 6.07) is 13.6. The van der Waals surface area contributed by atoms with Crippen LogP contribution in [0.2, 0.25) is 0 Å². The van der Waals surface area contributed by atoms with Gasteiger partial charge >= 0.3 is 0 Å². The molecule has 0 spiro atoms. The minimum atomic E-state index is 0.522. The van der Waals surface area contributed by atoms with Gasteiger partial charge in [0.25, 0.3) is 0 Å². The summed E-state index contributed by atoms with van der Waals surface area (Å²) in [4.78, 5) is 9.14. The van der Waals surface area contributed by atoms with Crippen LogP contribution < -0.4 is 14.2 Å². The third-order valence-corrected chi connectivity index (χ3v) is 6.07. The summed E-state index contributed by atoms with van der Waals surface area (Å²) in [6.45, 7) is 4.02. The van der Waals surface area contributed by atoms with Gasteiger partial charge in [-0.2, -0.15) is 4.98 Å². The number of rotatable bonds is 7. The molecule has 1 aliphatic rings. The first-order valence-corrected chi connectivity index (χ1v) is 11.3. The second-order valence-corrected chi connectivity index (χ2v) is 8.00. The van der Waals surface area contributed by atoms with Crippen LogP contribution in [-0.2, 0) is 12.3 Å². The van der Waals surface area contributed by atoms with E-state index in [0.717, 1.165) is 45.8 Å². The van der Waals surface area contributed by atoms with Crippen LogP contribution in [0.1, 0.15) is 12.8 Å². The maximum atomic E-state index is 5.73. The zero-order chi connectivity index (χ0) is 21.9. The van der Waals surface area contributed by atoms with Crippen LogP contribution in [0.15, 0.2) is 58.3 Å². The second kappa shape index (κ2) is 8.96. The van der Waals surface area contributed by atoms with Gasteiger partial charge in [-0.05, 0) is 37.3 Å². The van der Waals surface area contributed by atoms with Crippen LogP contribution >= 0.6 is 11.8 Å². The average molecular weight is 451 g/mol. The van der Waals surface area contributed by atoms with E-state index in [9.17, 15) is 0 Å². The number of hydrogen-bond acceptors (Lipinski definition) is 8. The molecule has 0 saturated carbocycles. The predicted octanol–water partition coefficient (Wildman–Crippen LogP) is 4.69. The molecule has 0 amide bonds. The summed E-state index contributed by atoms with van der Waals surface area (Å²) < 4.78 is 24.2. The molecule has 0 radical (unpaired) electrons. The molecule has 3 heterocycles. The van der Waals surface area contributed by atoms with E-state index in [2.05, 4.69) is 26.6 Å². The zero-order valence-corrected chi connectivity index (χ0v) is 18.6.